The second-order valence-electron chi connectivity index (χ2n) is 6.11. The van der Waals surface area contributed by atoms with Gasteiger partial charge in [0.25, 0.3) is 0 Å². The third-order valence-corrected chi connectivity index (χ3v) is 5.26. The summed E-state index contributed by atoms with van der Waals surface area (Å²) in [7, 11) is 1.64. The van der Waals surface area contributed by atoms with E-state index in [0.717, 1.165) is 33.5 Å². The van der Waals surface area contributed by atoms with Gasteiger partial charge in [-0.05, 0) is 23.6 Å². The molecule has 0 aliphatic carbocycles. The Morgan fingerprint density at radius 1 is 1.11 bits per heavy atom. The summed E-state index contributed by atoms with van der Waals surface area (Å²) in [5.41, 5.74) is 3.23. The van der Waals surface area contributed by atoms with Gasteiger partial charge in [-0.3, -0.25) is 0 Å². The molecule has 0 saturated carbocycles. The molecule has 4 rings (SSSR count). The van der Waals surface area contributed by atoms with E-state index in [-0.39, 0.29) is 0 Å². The van der Waals surface area contributed by atoms with Crippen molar-refractivity contribution in [1.82, 2.24) is 4.98 Å². The quantitative estimate of drug-likeness (QED) is 0.433. The molecule has 0 amide bonds. The molecule has 0 aliphatic heterocycles. The lowest BCUT2D eigenvalue weighted by atomic mass is 10.1. The van der Waals surface area contributed by atoms with Crippen LogP contribution in [0.3, 0.4) is 0 Å². The van der Waals surface area contributed by atoms with Crippen LogP contribution in [0.1, 0.15) is 5.01 Å². The van der Waals surface area contributed by atoms with Crippen LogP contribution in [0.4, 0.5) is 5.69 Å². The Morgan fingerprint density at radius 2 is 1.93 bits per heavy atom. The number of ether oxygens (including phenoxy) is 1. The van der Waals surface area contributed by atoms with E-state index in [9.17, 15) is 5.26 Å². The van der Waals surface area contributed by atoms with Gasteiger partial charge in [-0.1, -0.05) is 48.5 Å². The van der Waals surface area contributed by atoms with Crippen molar-refractivity contribution >= 4 is 33.4 Å². The smallest absolute Gasteiger partial charge is 0.136 e. The molecule has 0 atom stereocenters. The van der Waals surface area contributed by atoms with Crippen molar-refractivity contribution in [3.63, 3.8) is 0 Å². The van der Waals surface area contributed by atoms with E-state index in [1.807, 2.05) is 53.9 Å². The van der Waals surface area contributed by atoms with Gasteiger partial charge in [0, 0.05) is 28.2 Å². The molecule has 0 spiro atoms. The molecule has 4 nitrogen and oxygen atoms in total. The maximum absolute atomic E-state index is 9.62. The molecule has 0 saturated heterocycles. The maximum Gasteiger partial charge on any atom is 0.136 e. The first-order valence-electron chi connectivity index (χ1n) is 8.73. The van der Waals surface area contributed by atoms with E-state index >= 15 is 0 Å². The first-order chi connectivity index (χ1) is 13.8. The number of allylic oxidation sites excluding steroid dienone is 1. The number of rotatable bonds is 5. The highest BCUT2D eigenvalue weighted by Crippen LogP contribution is 2.29. The average Bonchev–Trinajstić information content (AvgIpc) is 3.24. The van der Waals surface area contributed by atoms with Gasteiger partial charge in [0.1, 0.15) is 22.4 Å². The zero-order valence-electron chi connectivity index (χ0n) is 15.2. The third-order valence-electron chi connectivity index (χ3n) is 4.38. The van der Waals surface area contributed by atoms with Crippen molar-refractivity contribution < 1.29 is 4.74 Å². The number of nitrogens with zero attached hydrogens (tertiary/aromatic N) is 2. The van der Waals surface area contributed by atoms with Crippen molar-refractivity contribution in [3.8, 4) is 23.1 Å². The third kappa shape index (κ3) is 3.59. The lowest BCUT2D eigenvalue weighted by Gasteiger charge is -2.06. The Balaban J connectivity index is 1.62. The van der Waals surface area contributed by atoms with Crippen LogP contribution in [0, 0.1) is 11.3 Å². The highest BCUT2D eigenvalue weighted by Gasteiger charge is 2.10. The van der Waals surface area contributed by atoms with Gasteiger partial charge >= 0.3 is 0 Å². The van der Waals surface area contributed by atoms with Gasteiger partial charge in [0.15, 0.2) is 0 Å². The molecule has 4 aromatic rings. The van der Waals surface area contributed by atoms with Crippen molar-refractivity contribution in [2.75, 3.05) is 12.4 Å². The van der Waals surface area contributed by atoms with E-state index in [1.54, 1.807) is 13.3 Å². The van der Waals surface area contributed by atoms with Crippen LogP contribution >= 0.6 is 11.3 Å². The predicted molar refractivity (Wildman–Crippen MR) is 115 cm³/mol. The number of benzene rings is 3. The minimum Gasteiger partial charge on any atom is -0.497 e. The summed E-state index contributed by atoms with van der Waals surface area (Å²) < 4.78 is 5.28. The zero-order valence-corrected chi connectivity index (χ0v) is 16.0. The van der Waals surface area contributed by atoms with Crippen molar-refractivity contribution in [1.29, 1.82) is 5.26 Å². The molecule has 0 bridgehead atoms. The molecule has 0 unspecified atom stereocenters. The van der Waals surface area contributed by atoms with Gasteiger partial charge in [0.2, 0.25) is 0 Å². The lowest BCUT2D eigenvalue weighted by molar-refractivity contribution is 0.415. The van der Waals surface area contributed by atoms with Crippen LogP contribution in [0.25, 0.3) is 27.6 Å². The van der Waals surface area contributed by atoms with Crippen LogP contribution in [0.15, 0.2) is 78.3 Å². The highest BCUT2D eigenvalue weighted by atomic mass is 32.1. The van der Waals surface area contributed by atoms with Crippen LogP contribution < -0.4 is 10.1 Å². The zero-order chi connectivity index (χ0) is 19.3. The number of methoxy groups -OCH3 is 1. The number of hydrogen-bond donors (Lipinski definition) is 1. The molecule has 136 valence electrons. The predicted octanol–water partition coefficient (Wildman–Crippen LogP) is 5.95. The fourth-order valence-electron chi connectivity index (χ4n) is 2.96. The summed E-state index contributed by atoms with van der Waals surface area (Å²) >= 11 is 1.45. The Hall–Kier alpha value is -3.62. The average molecular weight is 383 g/mol. The fraction of sp³-hybridized carbons (Fsp3) is 0.0435. The number of anilines is 1. The number of nitriles is 1. The SMILES string of the molecule is COc1cccc(-c2csc(/C(C#N)=C\Nc3cccc4ccccc34)n2)c1. The van der Waals surface area contributed by atoms with Crippen LogP contribution in [0.5, 0.6) is 5.75 Å². The molecular formula is C23H17N3OS. The second kappa shape index (κ2) is 7.95. The molecule has 1 N–H and O–H groups in total. The number of nitrogens with one attached hydrogen (secondary N) is 1. The van der Waals surface area contributed by atoms with E-state index in [4.69, 9.17) is 4.74 Å². The molecule has 0 radical (unpaired) electrons. The largest absolute Gasteiger partial charge is 0.497 e. The van der Waals surface area contributed by atoms with Crippen molar-refractivity contribution in [2.45, 2.75) is 0 Å². The number of hydrogen-bond acceptors (Lipinski definition) is 5. The van der Waals surface area contributed by atoms with Crippen molar-refractivity contribution in [3.05, 3.63) is 83.3 Å². The second-order valence-corrected chi connectivity index (χ2v) is 6.97. The topological polar surface area (TPSA) is 57.9 Å². The molecular weight excluding hydrogens is 366 g/mol. The lowest BCUT2D eigenvalue weighted by Crippen LogP contribution is -1.92. The highest BCUT2D eigenvalue weighted by molar-refractivity contribution is 7.11. The van der Waals surface area contributed by atoms with Crippen LogP contribution in [-0.4, -0.2) is 12.1 Å². The molecule has 1 heterocycles. The van der Waals surface area contributed by atoms with E-state index < -0.39 is 0 Å². The molecule has 28 heavy (non-hydrogen) atoms. The Kier molecular flexibility index (Phi) is 5.05. The Bertz CT molecular complexity index is 1200. The summed E-state index contributed by atoms with van der Waals surface area (Å²) in [6.45, 7) is 0. The number of fused-ring (bicyclic) bond motifs is 1. The minimum atomic E-state index is 0.493. The van der Waals surface area contributed by atoms with Crippen LogP contribution in [-0.2, 0) is 0 Å². The number of thiazole rings is 1. The standard InChI is InChI=1S/C23H17N3OS/c1-27-19-9-4-8-17(12-19)22-15-28-23(26-22)18(13-24)14-25-21-11-5-7-16-6-2-3-10-20(16)21/h2-12,14-15,25H,1H3/b18-14-. The molecule has 5 heteroatoms. The normalized spacial score (nSPS) is 11.2. The van der Waals surface area contributed by atoms with E-state index in [1.165, 1.54) is 11.3 Å². The minimum absolute atomic E-state index is 0.493. The van der Waals surface area contributed by atoms with Crippen molar-refractivity contribution in [2.24, 2.45) is 0 Å². The molecule has 1 aromatic heterocycles. The number of aromatic nitrogens is 1. The molecule has 3 aromatic carbocycles. The van der Waals surface area contributed by atoms with E-state index in [2.05, 4.69) is 34.6 Å². The Morgan fingerprint density at radius 3 is 2.79 bits per heavy atom. The summed E-state index contributed by atoms with van der Waals surface area (Å²) in [6.07, 6.45) is 1.72. The first kappa shape index (κ1) is 17.8. The van der Waals surface area contributed by atoms with Gasteiger partial charge in [-0.15, -0.1) is 11.3 Å². The summed E-state index contributed by atoms with van der Waals surface area (Å²) in [4.78, 5) is 4.63. The summed E-state index contributed by atoms with van der Waals surface area (Å²) in [6, 6.07) is 24.2. The fourth-order valence-corrected chi connectivity index (χ4v) is 3.75. The van der Waals surface area contributed by atoms with Gasteiger partial charge < -0.3 is 10.1 Å². The van der Waals surface area contributed by atoms with E-state index in [0.29, 0.717) is 10.6 Å². The monoisotopic (exact) mass is 383 g/mol. The summed E-state index contributed by atoms with van der Waals surface area (Å²) in [5.74, 6) is 0.778. The molecule has 0 aliphatic rings. The summed E-state index contributed by atoms with van der Waals surface area (Å²) in [5, 5.41) is 17.8. The Labute approximate surface area is 167 Å². The first-order valence-corrected chi connectivity index (χ1v) is 9.61. The molecule has 0 fully saturated rings. The maximum atomic E-state index is 9.62. The van der Waals surface area contributed by atoms with Gasteiger partial charge in [0.05, 0.1) is 12.8 Å². The van der Waals surface area contributed by atoms with Gasteiger partial charge in [-0.25, -0.2) is 4.98 Å². The van der Waals surface area contributed by atoms with Crippen LogP contribution in [0.2, 0.25) is 0 Å². The van der Waals surface area contributed by atoms with Gasteiger partial charge in [-0.2, -0.15) is 5.26 Å².